The number of hydrogen-bond donors (Lipinski definition) is 0. The molecule has 0 spiro atoms. The molecule has 0 aliphatic carbocycles. The maximum absolute atomic E-state index is 6.02. The van der Waals surface area contributed by atoms with Crippen molar-refractivity contribution in [1.82, 2.24) is 0 Å². The van der Waals surface area contributed by atoms with Crippen molar-refractivity contribution in [1.29, 1.82) is 0 Å². The van der Waals surface area contributed by atoms with Crippen LogP contribution in [0.4, 0.5) is 0 Å². The van der Waals surface area contributed by atoms with Gasteiger partial charge in [-0.15, -0.1) is 0 Å². The number of aryl methyl sites for hydroxylation is 2. The molecule has 43 heavy (non-hydrogen) atoms. The van der Waals surface area contributed by atoms with Gasteiger partial charge in [-0.25, -0.2) is 12.1 Å². The van der Waals surface area contributed by atoms with E-state index in [2.05, 4.69) is 165 Å². The second kappa shape index (κ2) is 15.4. The van der Waals surface area contributed by atoms with Crippen molar-refractivity contribution >= 4 is 53.2 Å². The predicted molar refractivity (Wildman–Crippen MR) is 189 cm³/mol. The molecule has 4 heteroatoms. The second-order valence-electron chi connectivity index (χ2n) is 10.7. The Morgan fingerprint density at radius 3 is 1.37 bits per heavy atom. The van der Waals surface area contributed by atoms with Gasteiger partial charge in [-0.2, -0.15) is 46.5 Å². The van der Waals surface area contributed by atoms with E-state index in [9.17, 15) is 0 Å². The number of halogens is 2. The third-order valence-corrected chi connectivity index (χ3v) is 51.3. The third kappa shape index (κ3) is 8.28. The standard InChI is InChI=1S/2C16H13.C7H8Ge.2ClH.Hf/c2*1-12-9-10-14(11-12)16-8-4-6-13-5-2-3-7-15(13)16;1-8-7-5-3-2-4-6-7;;;/h2*2-11H,1H3;2-6H,1H3;2*1H;/q2*-1;;;;+2/p-2. The predicted octanol–water partition coefficient (Wildman–Crippen LogP) is 11.5. The van der Waals surface area contributed by atoms with Crippen molar-refractivity contribution in [2.75, 3.05) is 0 Å². The molecule has 0 radical (unpaired) electrons. The van der Waals surface area contributed by atoms with Gasteiger partial charge in [0, 0.05) is 0 Å². The fourth-order valence-electron chi connectivity index (χ4n) is 5.21. The van der Waals surface area contributed by atoms with Crippen LogP contribution in [0.2, 0.25) is 5.76 Å². The number of hydrogen-bond acceptors (Lipinski definition) is 0. The van der Waals surface area contributed by atoms with Crippen LogP contribution in [-0.2, 0) is 16.0 Å². The Morgan fingerprint density at radius 1 is 0.535 bits per heavy atom. The Hall–Kier alpha value is -2.69. The summed E-state index contributed by atoms with van der Waals surface area (Å²) < 4.78 is 1.44. The minimum atomic E-state index is -2.03. The monoisotopic (exact) mass is 826 g/mol. The summed E-state index contributed by atoms with van der Waals surface area (Å²) in [5, 5.41) is 5.27. The molecule has 7 rings (SSSR count). The van der Waals surface area contributed by atoms with Crippen molar-refractivity contribution in [3.63, 3.8) is 0 Å². The van der Waals surface area contributed by atoms with Gasteiger partial charge in [0.1, 0.15) is 0 Å². The zero-order valence-corrected chi connectivity index (χ0v) is 31.9. The van der Waals surface area contributed by atoms with Crippen molar-refractivity contribution in [3.05, 3.63) is 163 Å². The number of benzene rings is 5. The topological polar surface area (TPSA) is 0 Å². The van der Waals surface area contributed by atoms with E-state index in [0.29, 0.717) is 0 Å². The first-order valence-corrected chi connectivity index (χ1v) is 36.8. The van der Waals surface area contributed by atoms with E-state index in [4.69, 9.17) is 17.2 Å². The molecule has 0 aliphatic rings. The molecule has 0 unspecified atom stereocenters. The van der Waals surface area contributed by atoms with Gasteiger partial charge in [0.05, 0.1) is 0 Å². The van der Waals surface area contributed by atoms with Crippen LogP contribution >= 0.6 is 17.2 Å². The van der Waals surface area contributed by atoms with Gasteiger partial charge in [-0.1, -0.05) is 110 Å². The van der Waals surface area contributed by atoms with Crippen molar-refractivity contribution < 1.29 is 16.0 Å². The first-order valence-electron chi connectivity index (χ1n) is 14.4. The van der Waals surface area contributed by atoms with Crippen LogP contribution < -0.4 is 4.40 Å². The average molecular weight is 825 g/mol. The van der Waals surface area contributed by atoms with Gasteiger partial charge in [-0.3, -0.25) is 0 Å². The van der Waals surface area contributed by atoms with E-state index in [1.807, 2.05) is 6.07 Å². The van der Waals surface area contributed by atoms with Crippen molar-refractivity contribution in [3.8, 4) is 22.3 Å². The van der Waals surface area contributed by atoms with Gasteiger partial charge in [0.25, 0.3) is 0 Å². The van der Waals surface area contributed by atoms with Crippen LogP contribution in [0.3, 0.4) is 0 Å². The van der Waals surface area contributed by atoms with Crippen LogP contribution in [0, 0.1) is 13.8 Å². The Balaban J connectivity index is 0.000000131. The Bertz CT molecular complexity index is 1850. The van der Waals surface area contributed by atoms with E-state index in [1.54, 1.807) is 0 Å². The molecule has 0 amide bonds. The molecule has 0 atom stereocenters. The molecule has 214 valence electrons. The number of rotatable bonds is 3. The molecule has 0 saturated carbocycles. The Morgan fingerprint density at radius 2 is 0.953 bits per heavy atom. The summed E-state index contributed by atoms with van der Waals surface area (Å²) in [5.74, 6) is 2.28. The molecule has 7 aromatic carbocycles. The zero-order chi connectivity index (χ0) is 30.2. The summed E-state index contributed by atoms with van der Waals surface area (Å²) in [6.07, 6.45) is 0. The van der Waals surface area contributed by atoms with E-state index in [-0.39, 0.29) is 0 Å². The van der Waals surface area contributed by atoms with Gasteiger partial charge >= 0.3 is 83.7 Å². The third-order valence-electron chi connectivity index (χ3n) is 7.51. The molecule has 0 nitrogen and oxygen atoms in total. The molecule has 0 bridgehead atoms. The minimum absolute atomic E-state index is 1.15. The van der Waals surface area contributed by atoms with E-state index < -0.39 is 26.0 Å². The summed E-state index contributed by atoms with van der Waals surface area (Å²) in [5.41, 5.74) is 7.92. The van der Waals surface area contributed by atoms with Crippen LogP contribution in [-0.4, -0.2) is 10.1 Å². The number of fused-ring (bicyclic) bond motifs is 2. The molecule has 0 aliphatic heterocycles. The second-order valence-corrected chi connectivity index (χ2v) is 57.6. The van der Waals surface area contributed by atoms with E-state index >= 15 is 0 Å². The van der Waals surface area contributed by atoms with Crippen LogP contribution in [0.15, 0.2) is 152 Å². The van der Waals surface area contributed by atoms with Crippen molar-refractivity contribution in [2.45, 2.75) is 19.6 Å². The van der Waals surface area contributed by atoms with Crippen molar-refractivity contribution in [2.24, 2.45) is 0 Å². The molecular formula is C39H34Cl2GeHf-2. The van der Waals surface area contributed by atoms with Crippen LogP contribution in [0.1, 0.15) is 11.1 Å². The normalized spacial score (nSPS) is 10.4. The molecule has 7 aromatic rings. The van der Waals surface area contributed by atoms with E-state index in [1.165, 1.54) is 59.3 Å². The van der Waals surface area contributed by atoms with Gasteiger partial charge in [0.2, 0.25) is 0 Å². The molecule has 0 fully saturated rings. The Labute approximate surface area is 271 Å². The maximum atomic E-state index is 6.02. The van der Waals surface area contributed by atoms with E-state index in [0.717, 1.165) is 0 Å². The molecule has 0 aromatic heterocycles. The van der Waals surface area contributed by atoms with Crippen LogP contribution in [0.5, 0.6) is 0 Å². The zero-order valence-electron chi connectivity index (χ0n) is 24.7. The first kappa shape index (κ1) is 31.7. The summed E-state index contributed by atoms with van der Waals surface area (Å²) >= 11 is -2.03. The van der Waals surface area contributed by atoms with Crippen LogP contribution in [0.25, 0.3) is 43.8 Å². The first-order chi connectivity index (χ1) is 20.9. The summed E-state index contributed by atoms with van der Waals surface area (Å²) in [4.78, 5) is 0. The average Bonchev–Trinajstić information content (AvgIpc) is 3.69. The molecule has 0 heterocycles. The summed E-state index contributed by atoms with van der Waals surface area (Å²) in [6.45, 7) is 4.27. The summed E-state index contributed by atoms with van der Waals surface area (Å²) in [7, 11) is 10.9. The van der Waals surface area contributed by atoms with Gasteiger partial charge in [0.15, 0.2) is 0 Å². The molecule has 0 saturated heterocycles. The quantitative estimate of drug-likeness (QED) is 0.123. The SMILES string of the molecule is Cc1cc(-c2cccc3ccccc23)c[cH-]1.Cc1cc(-c2cccc3ccccc23)c[cH-]1.[CH3][Ge]([c]1ccccc1)=[Hf]([Cl])[Cl]. The fourth-order valence-corrected chi connectivity index (χ4v) is 23.6. The molecule has 0 N–H and O–H groups in total. The Kier molecular flexibility index (Phi) is 11.3. The van der Waals surface area contributed by atoms with Gasteiger partial charge < -0.3 is 0 Å². The fraction of sp³-hybridized carbons (Fsp3) is 0.0769. The summed E-state index contributed by atoms with van der Waals surface area (Å²) in [6, 6.07) is 53.7. The van der Waals surface area contributed by atoms with Gasteiger partial charge in [-0.05, 0) is 21.5 Å². The molecular weight excluding hydrogens is 790 g/mol.